The third-order valence-electron chi connectivity index (χ3n) is 7.77. The summed E-state index contributed by atoms with van der Waals surface area (Å²) in [6.45, 7) is 0. The van der Waals surface area contributed by atoms with Crippen molar-refractivity contribution < 1.29 is 61.8 Å². The molecule has 0 unspecified atom stereocenters. The van der Waals surface area contributed by atoms with Crippen LogP contribution in [0.1, 0.15) is 5.56 Å². The number of aromatic nitrogens is 8. The summed E-state index contributed by atoms with van der Waals surface area (Å²) in [7, 11) is 0. The van der Waals surface area contributed by atoms with Crippen molar-refractivity contribution >= 4 is 43.5 Å². The molecule has 2 aliphatic rings. The van der Waals surface area contributed by atoms with Crippen molar-refractivity contribution in [3.8, 4) is 45.6 Å². The minimum atomic E-state index is -2.30. The average Bonchev–Trinajstić information content (AvgIpc) is 3.84. The Hall–Kier alpha value is -5.71. The molecule has 2 N–H and O–H groups in total. The summed E-state index contributed by atoms with van der Waals surface area (Å²) in [5.74, 6) is -19.9. The van der Waals surface area contributed by atoms with Crippen LogP contribution in [0.25, 0.3) is 84.7 Å². The molecule has 2 aliphatic heterocycles. The molecular weight excluding hydrogens is 740 g/mol. The van der Waals surface area contributed by atoms with E-state index in [2.05, 4.69) is 39.9 Å². The van der Waals surface area contributed by atoms with Crippen molar-refractivity contribution in [3.05, 3.63) is 88.5 Å². The molecule has 3 aromatic heterocycles. The van der Waals surface area contributed by atoms with Crippen LogP contribution in [0.2, 0.25) is 0 Å². The van der Waals surface area contributed by atoms with Crippen LogP contribution in [0, 0.1) is 40.7 Å². The normalized spacial score (nSPS) is 12.6. The van der Waals surface area contributed by atoms with Crippen molar-refractivity contribution in [1.82, 2.24) is 39.9 Å². The van der Waals surface area contributed by atoms with Gasteiger partial charge in [0.15, 0.2) is 17.5 Å². The quantitative estimate of drug-likeness (QED) is 0.0805. The SMILES string of the molecule is F[C](=[Zn])/C(F)=C(/F)c1cc2nc3nc(nc4[nH]c(nc5nc(nc1[nH]2)-c1c(F)c(F)c(F)c(F)c1-5)c1c(F)c(F)c(F)cc41)-c1ccccc1-3. The van der Waals surface area contributed by atoms with E-state index in [4.69, 9.17) is 0 Å². The van der Waals surface area contributed by atoms with Crippen LogP contribution >= 0.6 is 0 Å². The summed E-state index contributed by atoms with van der Waals surface area (Å²) in [5.41, 5.74) is -4.55. The first-order valence-electron chi connectivity index (χ1n) is 13.9. The molecule has 8 bridgehead atoms. The number of rotatable bonds is 2. The van der Waals surface area contributed by atoms with E-state index >= 15 is 17.6 Å². The molecule has 5 heterocycles. The monoisotopic (exact) mass is 746 g/mol. The van der Waals surface area contributed by atoms with Gasteiger partial charge in [0.25, 0.3) is 0 Å². The van der Waals surface area contributed by atoms with Gasteiger partial charge in [-0.25, -0.2) is 13.2 Å². The molecule has 0 saturated carbocycles. The third kappa shape index (κ3) is 4.59. The van der Waals surface area contributed by atoms with E-state index < -0.39 is 125 Å². The zero-order valence-electron chi connectivity index (χ0n) is 24.1. The molecule has 3 aromatic carbocycles. The molecule has 0 saturated heterocycles. The molecule has 8 rings (SSSR count). The first-order valence-corrected chi connectivity index (χ1v) is 15.4. The van der Waals surface area contributed by atoms with Crippen LogP contribution in [-0.4, -0.2) is 44.2 Å². The number of H-pyrrole nitrogens is 2. The van der Waals surface area contributed by atoms with Gasteiger partial charge in [-0.05, 0) is 6.07 Å². The molecule has 6 aromatic rings. The van der Waals surface area contributed by atoms with Crippen LogP contribution in [0.4, 0.5) is 43.9 Å². The average molecular weight is 748 g/mol. The second kappa shape index (κ2) is 11.2. The second-order valence-corrected chi connectivity index (χ2v) is 12.0. The van der Waals surface area contributed by atoms with Crippen molar-refractivity contribution in [2.75, 3.05) is 0 Å². The number of nitrogens with zero attached hydrogens (tertiary/aromatic N) is 6. The summed E-state index contributed by atoms with van der Waals surface area (Å²) >= 11 is -0.426. The Morgan fingerprint density at radius 2 is 1.12 bits per heavy atom. The molecule has 0 atom stereocenters. The number of nitrogens with one attached hydrogen (secondary N) is 2. The summed E-state index contributed by atoms with van der Waals surface area (Å²) in [5, 5.41) is -1.16. The topological polar surface area (TPSA) is 109 Å². The van der Waals surface area contributed by atoms with Gasteiger partial charge in [0.05, 0.1) is 0 Å². The predicted octanol–water partition coefficient (Wildman–Crippen LogP) is 7.94. The number of fused-ring (bicyclic) bond motifs is 17. The van der Waals surface area contributed by atoms with Crippen LogP contribution in [0.5, 0.6) is 0 Å². The van der Waals surface area contributed by atoms with E-state index in [1.807, 2.05) is 0 Å². The van der Waals surface area contributed by atoms with E-state index in [-0.39, 0.29) is 22.9 Å². The fraction of sp³-hybridized carbons (Fsp3) is 0. The van der Waals surface area contributed by atoms with Gasteiger partial charge in [-0.2, -0.15) is 0 Å². The zero-order valence-corrected chi connectivity index (χ0v) is 27.1. The van der Waals surface area contributed by atoms with E-state index in [9.17, 15) is 26.3 Å². The first-order chi connectivity index (χ1) is 23.8. The van der Waals surface area contributed by atoms with Crippen molar-refractivity contribution in [3.63, 3.8) is 0 Å². The Morgan fingerprint density at radius 1 is 0.560 bits per heavy atom. The van der Waals surface area contributed by atoms with Crippen LogP contribution < -0.4 is 0 Å². The number of hydrogen-bond donors (Lipinski definition) is 2. The van der Waals surface area contributed by atoms with E-state index in [1.165, 1.54) is 0 Å². The van der Waals surface area contributed by atoms with Crippen LogP contribution in [0.3, 0.4) is 0 Å². The number of hydrogen-bond acceptors (Lipinski definition) is 6. The van der Waals surface area contributed by atoms with Crippen molar-refractivity contribution in [2.24, 2.45) is 0 Å². The summed E-state index contributed by atoms with van der Waals surface area (Å²) in [6, 6.07) is 7.78. The summed E-state index contributed by atoms with van der Waals surface area (Å²) in [6.07, 6.45) is 0. The van der Waals surface area contributed by atoms with E-state index in [1.54, 1.807) is 24.3 Å². The number of allylic oxidation sites excluding steroid dienone is 1. The van der Waals surface area contributed by atoms with E-state index in [0.29, 0.717) is 17.2 Å². The molecule has 0 fully saturated rings. The molecule has 50 heavy (non-hydrogen) atoms. The van der Waals surface area contributed by atoms with Crippen molar-refractivity contribution in [2.45, 2.75) is 0 Å². The van der Waals surface area contributed by atoms with Gasteiger partial charge >= 0.3 is 237 Å². The van der Waals surface area contributed by atoms with Crippen LogP contribution in [0.15, 0.2) is 42.2 Å². The maximum absolute atomic E-state index is 15.4. The van der Waals surface area contributed by atoms with Gasteiger partial charge in [-0.1, -0.05) is 0 Å². The number of aromatic amines is 2. The summed E-state index contributed by atoms with van der Waals surface area (Å²) in [4.78, 5) is 29.8. The molecule has 0 aliphatic carbocycles. The van der Waals surface area contributed by atoms with Gasteiger partial charge < -0.3 is 0 Å². The first kappa shape index (κ1) is 31.6. The molecule has 0 spiro atoms. The molecule has 19 heteroatoms. The standard InChI is InChI=1S/C31H8F10N8.Zn/c32-7-13(34)18(35)11-6-14-42-25-8-3-1-2-4-9(8)26(44-25)45-27-10-5-12(33)19(36)20(37)15(10)29(46-27)48-31-17-16(30(49-31)47-28(11)43-14)21(38)23(40)24(41)22(17)39;/h1-6H,(H2,42,43,44,45,46,47,48,49);/b18-13-;. The Balaban J connectivity index is 1.62. The minimum absolute atomic E-state index is 0.0930. The second-order valence-electron chi connectivity index (χ2n) is 10.7. The third-order valence-corrected chi connectivity index (χ3v) is 8.42. The van der Waals surface area contributed by atoms with Gasteiger partial charge in [-0.15, -0.1) is 0 Å². The fourth-order valence-corrected chi connectivity index (χ4v) is 5.86. The van der Waals surface area contributed by atoms with Gasteiger partial charge in [0.1, 0.15) is 0 Å². The van der Waals surface area contributed by atoms with Gasteiger partial charge in [0.2, 0.25) is 0 Å². The van der Waals surface area contributed by atoms with Gasteiger partial charge in [-0.3, -0.25) is 0 Å². The predicted molar refractivity (Wildman–Crippen MR) is 154 cm³/mol. The Labute approximate surface area is 278 Å². The number of benzene rings is 3. The Kier molecular flexibility index (Phi) is 7.04. The van der Waals surface area contributed by atoms with Crippen molar-refractivity contribution in [1.29, 1.82) is 0 Å². The molecule has 0 radical (unpaired) electrons. The fourth-order valence-electron chi connectivity index (χ4n) is 5.53. The molecule has 244 valence electrons. The van der Waals surface area contributed by atoms with Crippen LogP contribution in [-0.2, 0) is 17.9 Å². The molecule has 0 amide bonds. The maximum atomic E-state index is 15.4. The van der Waals surface area contributed by atoms with E-state index in [0.717, 1.165) is 6.07 Å². The zero-order chi connectivity index (χ0) is 35.3. The number of halogens is 10. The molecular formula is C31H8F10N8Zn. The summed E-state index contributed by atoms with van der Waals surface area (Å²) < 4.78 is 147. The Bertz CT molecular complexity index is 2760. The van der Waals surface area contributed by atoms with Gasteiger partial charge in [0, 0.05) is 5.39 Å². The molecule has 8 nitrogen and oxygen atoms in total. The Morgan fingerprint density at radius 3 is 1.74 bits per heavy atom.